The van der Waals surface area contributed by atoms with Gasteiger partial charge >= 0.3 is 0 Å². The van der Waals surface area contributed by atoms with E-state index in [1.807, 2.05) is 60.9 Å². The summed E-state index contributed by atoms with van der Waals surface area (Å²) in [7, 11) is 0. The predicted molar refractivity (Wildman–Crippen MR) is 211 cm³/mol. The number of rotatable bonds is 0. The molecule has 0 atom stereocenters. The molecule has 0 bridgehead atoms. The number of nitrogens with zero attached hydrogens (tertiary/aromatic N) is 12. The molecule has 0 aliphatic rings. The van der Waals surface area contributed by atoms with Crippen LogP contribution in [0.2, 0.25) is 0 Å². The second kappa shape index (κ2) is 9.57. The van der Waals surface area contributed by atoms with E-state index >= 15 is 0 Å². The third-order valence-electron chi connectivity index (χ3n) is 11.4. The van der Waals surface area contributed by atoms with E-state index in [2.05, 4.69) is 43.0 Å². The molecule has 0 aliphatic heterocycles. The molecular weight excluding hydrogens is 697 g/mol. The number of hydrogen-bond donors (Lipinski definition) is 0. The van der Waals surface area contributed by atoms with Gasteiger partial charge in [0.25, 0.3) is 0 Å². The Hall–Kier alpha value is -8.84. The SMILES string of the molecule is N#Cc1cnc2c(c1)c1cc(C#N)cc3c4c5nc6c7cnccc7c7ccncc7c6nc5c5c6cc(C#N)cc7c8cc(C#N)cnc8n(c76)c5c4n2c13. The predicted octanol–water partition coefficient (Wildman–Crippen LogP) is 8.46. The van der Waals surface area contributed by atoms with Crippen molar-refractivity contribution >= 4 is 120 Å². The van der Waals surface area contributed by atoms with E-state index in [-0.39, 0.29) is 0 Å². The van der Waals surface area contributed by atoms with Crippen LogP contribution in [-0.4, -0.2) is 38.7 Å². The minimum Gasteiger partial charge on any atom is -0.290 e. The van der Waals surface area contributed by atoms with Crippen LogP contribution in [0.15, 0.2) is 85.7 Å². The zero-order valence-electron chi connectivity index (χ0n) is 28.4. The first-order chi connectivity index (χ1) is 27.6. The second-order valence-electron chi connectivity index (χ2n) is 14.1. The van der Waals surface area contributed by atoms with Crippen LogP contribution in [-0.2, 0) is 0 Å². The topological polar surface area (TPSA) is 181 Å². The van der Waals surface area contributed by atoms with E-state index in [9.17, 15) is 21.0 Å². The van der Waals surface area contributed by atoms with Gasteiger partial charge < -0.3 is 0 Å². The van der Waals surface area contributed by atoms with E-state index in [1.165, 1.54) is 0 Å². The summed E-state index contributed by atoms with van der Waals surface area (Å²) in [5, 5.41) is 50.3. The van der Waals surface area contributed by atoms with Crippen molar-refractivity contribution in [3.05, 3.63) is 108 Å². The molecule has 0 saturated heterocycles. The van der Waals surface area contributed by atoms with Crippen LogP contribution in [0.3, 0.4) is 0 Å². The van der Waals surface area contributed by atoms with Crippen molar-refractivity contribution in [3.8, 4) is 24.3 Å². The van der Waals surface area contributed by atoms with E-state index < -0.39 is 0 Å². The van der Waals surface area contributed by atoms with Gasteiger partial charge in [0.1, 0.15) is 34.5 Å². The quantitative estimate of drug-likeness (QED) is 0.109. The molecule has 0 fully saturated rings. The van der Waals surface area contributed by atoms with Crippen LogP contribution in [0.25, 0.3) is 120 Å². The van der Waals surface area contributed by atoms with E-state index in [0.717, 1.165) is 86.7 Å². The van der Waals surface area contributed by atoms with E-state index in [4.69, 9.17) is 19.9 Å². The molecule has 250 valence electrons. The lowest BCUT2D eigenvalue weighted by Gasteiger charge is -2.12. The lowest BCUT2D eigenvalue weighted by atomic mass is 9.99. The summed E-state index contributed by atoms with van der Waals surface area (Å²) in [6.07, 6.45) is 10.3. The van der Waals surface area contributed by atoms with Gasteiger partial charge in [-0.25, -0.2) is 19.9 Å². The smallest absolute Gasteiger partial charge is 0.145 e. The number of pyridine rings is 4. The molecule has 4 aromatic carbocycles. The maximum atomic E-state index is 10.4. The van der Waals surface area contributed by atoms with Gasteiger partial charge in [0, 0.05) is 91.0 Å². The van der Waals surface area contributed by atoms with Gasteiger partial charge in [0.2, 0.25) is 0 Å². The van der Waals surface area contributed by atoms with Crippen LogP contribution in [0, 0.1) is 45.3 Å². The lowest BCUT2D eigenvalue weighted by Crippen LogP contribution is -1.96. The molecule has 0 spiro atoms. The Morgan fingerprint density at radius 2 is 0.804 bits per heavy atom. The van der Waals surface area contributed by atoms with Crippen LogP contribution in [0.1, 0.15) is 22.3 Å². The van der Waals surface area contributed by atoms with Gasteiger partial charge in [0.15, 0.2) is 0 Å². The van der Waals surface area contributed by atoms with Gasteiger partial charge in [0.05, 0.1) is 67.5 Å². The van der Waals surface area contributed by atoms with Crippen molar-refractivity contribution in [1.82, 2.24) is 38.7 Å². The number of fused-ring (bicyclic) bond motifs is 22. The molecule has 0 saturated carbocycles. The minimum atomic E-state index is 0.400. The average molecular weight is 711 g/mol. The van der Waals surface area contributed by atoms with E-state index in [1.54, 1.807) is 24.8 Å². The fourth-order valence-electron chi connectivity index (χ4n) is 9.31. The highest BCUT2D eigenvalue weighted by atomic mass is 15.0. The summed E-state index contributed by atoms with van der Waals surface area (Å²) in [6.45, 7) is 0. The van der Waals surface area contributed by atoms with Crippen molar-refractivity contribution in [1.29, 1.82) is 21.0 Å². The molecule has 0 aliphatic carbocycles. The zero-order chi connectivity index (χ0) is 37.1. The Morgan fingerprint density at radius 1 is 0.393 bits per heavy atom. The van der Waals surface area contributed by atoms with Crippen molar-refractivity contribution in [2.75, 3.05) is 0 Å². The Labute approximate surface area is 311 Å². The fourth-order valence-corrected chi connectivity index (χ4v) is 9.31. The van der Waals surface area contributed by atoms with Gasteiger partial charge in [-0.15, -0.1) is 0 Å². The van der Waals surface area contributed by atoms with Crippen molar-refractivity contribution < 1.29 is 0 Å². The molecule has 0 amide bonds. The summed E-state index contributed by atoms with van der Waals surface area (Å²) in [6, 6.07) is 24.2. The molecule has 0 N–H and O–H groups in total. The van der Waals surface area contributed by atoms with Crippen LogP contribution < -0.4 is 0 Å². The third kappa shape index (κ3) is 3.15. The van der Waals surface area contributed by atoms with Crippen LogP contribution in [0.5, 0.6) is 0 Å². The summed E-state index contributed by atoms with van der Waals surface area (Å²) in [5.74, 6) is 0. The largest absolute Gasteiger partial charge is 0.290 e. The Bertz CT molecular complexity index is 3950. The first-order valence-electron chi connectivity index (χ1n) is 17.5. The van der Waals surface area contributed by atoms with Crippen LogP contribution >= 0.6 is 0 Å². The van der Waals surface area contributed by atoms with E-state index in [0.29, 0.717) is 55.6 Å². The maximum Gasteiger partial charge on any atom is 0.145 e. The summed E-state index contributed by atoms with van der Waals surface area (Å²) < 4.78 is 4.20. The van der Waals surface area contributed by atoms with Gasteiger partial charge in [-0.1, -0.05) is 0 Å². The normalized spacial score (nSPS) is 12.2. The average Bonchev–Trinajstić information content (AvgIpc) is 3.98. The monoisotopic (exact) mass is 710 g/mol. The highest BCUT2D eigenvalue weighted by molar-refractivity contribution is 6.40. The first kappa shape index (κ1) is 28.7. The molecule has 12 nitrogen and oxygen atoms in total. The van der Waals surface area contributed by atoms with Crippen LogP contribution in [0.4, 0.5) is 0 Å². The molecule has 0 unspecified atom stereocenters. The lowest BCUT2D eigenvalue weighted by molar-refractivity contribution is 1.24. The first-order valence-corrected chi connectivity index (χ1v) is 17.5. The Kier molecular flexibility index (Phi) is 4.91. The standard InChI is InChI=1S/C44H14N12/c45-11-19-5-25-27-9-21(13-47)15-51-43(27)55-39(25)29(7-19)33-37-38(54-36-32-18-50-4-2-24(32)23-1-3-49-17-31(23)35(36)53-37)34-30-8-20(12-46)6-26-28-10-22(14-48)16-52-44(28)56(40(26)30)42(34)41(33)55/h1-10,15-18H. The van der Waals surface area contributed by atoms with Crippen molar-refractivity contribution in [2.45, 2.75) is 0 Å². The third-order valence-corrected chi connectivity index (χ3v) is 11.4. The highest BCUT2D eigenvalue weighted by Gasteiger charge is 2.30. The fraction of sp³-hybridized carbons (Fsp3) is 0. The number of hydrogen-bond acceptors (Lipinski definition) is 10. The molecule has 13 aromatic rings. The number of benzene rings is 4. The number of aromatic nitrogens is 8. The van der Waals surface area contributed by atoms with Gasteiger partial charge in [-0.2, -0.15) is 21.0 Å². The highest BCUT2D eigenvalue weighted by Crippen LogP contribution is 2.50. The molecular formula is C44H14N12. The molecule has 0 radical (unpaired) electrons. The molecule has 13 rings (SSSR count). The molecule has 9 aromatic heterocycles. The molecule has 9 heterocycles. The summed E-state index contributed by atoms with van der Waals surface area (Å²) in [4.78, 5) is 29.8. The van der Waals surface area contributed by atoms with Crippen molar-refractivity contribution in [2.24, 2.45) is 0 Å². The van der Waals surface area contributed by atoms with Crippen molar-refractivity contribution in [3.63, 3.8) is 0 Å². The minimum absolute atomic E-state index is 0.400. The second-order valence-corrected chi connectivity index (χ2v) is 14.1. The Morgan fingerprint density at radius 3 is 1.23 bits per heavy atom. The summed E-state index contributed by atoms with van der Waals surface area (Å²) in [5.41, 5.74) is 8.57. The van der Waals surface area contributed by atoms with Gasteiger partial charge in [-0.3, -0.25) is 18.8 Å². The molecule has 56 heavy (non-hydrogen) atoms. The summed E-state index contributed by atoms with van der Waals surface area (Å²) >= 11 is 0. The Balaban J connectivity index is 1.43. The van der Waals surface area contributed by atoms with Gasteiger partial charge in [-0.05, 0) is 59.3 Å². The molecule has 12 heteroatoms. The maximum absolute atomic E-state index is 10.4. The number of nitriles is 4. The zero-order valence-corrected chi connectivity index (χ0v) is 28.4.